The second kappa shape index (κ2) is 6.07. The topological polar surface area (TPSA) is 54.0 Å². The Balaban J connectivity index is 1.69. The van der Waals surface area contributed by atoms with Crippen LogP contribution in [0.15, 0.2) is 54.6 Å². The molecule has 0 radical (unpaired) electrons. The fourth-order valence-corrected chi connectivity index (χ4v) is 2.63. The van der Waals surface area contributed by atoms with Crippen molar-refractivity contribution in [1.82, 2.24) is 0 Å². The van der Waals surface area contributed by atoms with Crippen LogP contribution in [0, 0.1) is 5.82 Å². The third-order valence-electron chi connectivity index (χ3n) is 3.72. The maximum atomic E-state index is 13.1. The van der Waals surface area contributed by atoms with E-state index >= 15 is 0 Å². The van der Waals surface area contributed by atoms with E-state index in [1.165, 1.54) is 17.0 Å². The Morgan fingerprint density at radius 2 is 1.86 bits per heavy atom. The Kier molecular flexibility index (Phi) is 3.98. The summed E-state index contributed by atoms with van der Waals surface area (Å²) in [4.78, 5) is 25.7. The standard InChI is InChI=1S/C17H15FN2O2/c18-13-6-4-5-12(9-13)11-19-15-10-16(21)20(17(15)22)14-7-2-1-3-8-14/h1-9,15,19H,10-11H2/p+1/t15-/m0/s1. The van der Waals surface area contributed by atoms with Gasteiger partial charge in [-0.05, 0) is 24.3 Å². The lowest BCUT2D eigenvalue weighted by molar-refractivity contribution is -0.690. The number of benzene rings is 2. The molecule has 1 heterocycles. The van der Waals surface area contributed by atoms with Crippen molar-refractivity contribution >= 4 is 17.5 Å². The second-order valence-electron chi connectivity index (χ2n) is 5.28. The number of anilines is 1. The quantitative estimate of drug-likeness (QED) is 0.863. The first-order valence-corrected chi connectivity index (χ1v) is 7.15. The van der Waals surface area contributed by atoms with Crippen molar-refractivity contribution in [2.75, 3.05) is 4.90 Å². The molecule has 2 amide bonds. The number of carbonyl (C=O) groups is 2. The zero-order chi connectivity index (χ0) is 15.5. The molecule has 1 saturated heterocycles. The average Bonchev–Trinajstić information content (AvgIpc) is 2.80. The predicted molar refractivity (Wildman–Crippen MR) is 79.4 cm³/mol. The lowest BCUT2D eigenvalue weighted by atomic mass is 10.2. The van der Waals surface area contributed by atoms with Gasteiger partial charge in [-0.25, -0.2) is 9.29 Å². The molecular formula is C17H16FN2O2+. The number of nitrogens with zero attached hydrogens (tertiary/aromatic N) is 1. The van der Waals surface area contributed by atoms with E-state index in [2.05, 4.69) is 0 Å². The van der Waals surface area contributed by atoms with E-state index in [1.807, 2.05) is 6.07 Å². The molecule has 1 fully saturated rings. The maximum absolute atomic E-state index is 13.1. The first-order valence-electron chi connectivity index (χ1n) is 7.15. The first kappa shape index (κ1) is 14.4. The highest BCUT2D eigenvalue weighted by molar-refractivity contribution is 6.21. The smallest absolute Gasteiger partial charge is 0.292 e. The van der Waals surface area contributed by atoms with Gasteiger partial charge in [-0.1, -0.05) is 30.3 Å². The number of amides is 2. The van der Waals surface area contributed by atoms with Crippen molar-refractivity contribution in [3.8, 4) is 0 Å². The van der Waals surface area contributed by atoms with Crippen LogP contribution < -0.4 is 10.2 Å². The summed E-state index contributed by atoms with van der Waals surface area (Å²) in [6.45, 7) is 0.462. The summed E-state index contributed by atoms with van der Waals surface area (Å²) < 4.78 is 13.1. The summed E-state index contributed by atoms with van der Waals surface area (Å²) >= 11 is 0. The molecule has 1 aliphatic rings. The number of halogens is 1. The fraction of sp³-hybridized carbons (Fsp3) is 0.176. The lowest BCUT2D eigenvalue weighted by Crippen LogP contribution is -2.90. The molecule has 3 rings (SSSR count). The largest absolute Gasteiger partial charge is 0.332 e. The van der Waals surface area contributed by atoms with Crippen molar-refractivity contribution in [1.29, 1.82) is 0 Å². The van der Waals surface area contributed by atoms with Crippen molar-refractivity contribution < 1.29 is 19.3 Å². The van der Waals surface area contributed by atoms with Gasteiger partial charge in [-0.2, -0.15) is 0 Å². The van der Waals surface area contributed by atoms with Crippen molar-refractivity contribution in [3.63, 3.8) is 0 Å². The number of carbonyl (C=O) groups excluding carboxylic acids is 2. The monoisotopic (exact) mass is 299 g/mol. The number of nitrogens with two attached hydrogens (primary N) is 1. The third-order valence-corrected chi connectivity index (χ3v) is 3.72. The van der Waals surface area contributed by atoms with Crippen LogP contribution >= 0.6 is 0 Å². The van der Waals surface area contributed by atoms with Crippen LogP contribution in [0.4, 0.5) is 10.1 Å². The minimum atomic E-state index is -0.448. The minimum Gasteiger partial charge on any atom is -0.332 e. The van der Waals surface area contributed by atoms with Gasteiger partial charge in [0.2, 0.25) is 5.91 Å². The van der Waals surface area contributed by atoms with Gasteiger partial charge in [-0.3, -0.25) is 9.59 Å². The number of imide groups is 1. The van der Waals surface area contributed by atoms with Crippen LogP contribution in [0.3, 0.4) is 0 Å². The average molecular weight is 299 g/mol. The van der Waals surface area contributed by atoms with Crippen LogP contribution in [0.5, 0.6) is 0 Å². The van der Waals surface area contributed by atoms with E-state index in [4.69, 9.17) is 0 Å². The van der Waals surface area contributed by atoms with Gasteiger partial charge < -0.3 is 5.32 Å². The van der Waals surface area contributed by atoms with Crippen LogP contribution in [0.25, 0.3) is 0 Å². The van der Waals surface area contributed by atoms with Crippen LogP contribution in [0.2, 0.25) is 0 Å². The summed E-state index contributed by atoms with van der Waals surface area (Å²) in [5.74, 6) is -0.713. The van der Waals surface area contributed by atoms with Crippen LogP contribution in [0.1, 0.15) is 12.0 Å². The van der Waals surface area contributed by atoms with E-state index in [0.29, 0.717) is 12.2 Å². The molecule has 0 saturated carbocycles. The first-order chi connectivity index (χ1) is 10.6. The molecule has 22 heavy (non-hydrogen) atoms. The maximum Gasteiger partial charge on any atom is 0.292 e. The predicted octanol–water partition coefficient (Wildman–Crippen LogP) is 1.22. The summed E-state index contributed by atoms with van der Waals surface area (Å²) in [7, 11) is 0. The summed E-state index contributed by atoms with van der Waals surface area (Å²) in [5.41, 5.74) is 1.39. The molecule has 1 atom stereocenters. The van der Waals surface area contributed by atoms with E-state index in [1.54, 1.807) is 41.7 Å². The molecule has 4 nitrogen and oxygen atoms in total. The molecule has 112 valence electrons. The minimum absolute atomic E-state index is 0.170. The molecule has 0 spiro atoms. The molecule has 0 bridgehead atoms. The van der Waals surface area contributed by atoms with Gasteiger partial charge in [-0.15, -0.1) is 0 Å². The highest BCUT2D eigenvalue weighted by Gasteiger charge is 2.41. The Bertz CT molecular complexity index is 703. The SMILES string of the molecule is O=C1C[C@H]([NH2+]Cc2cccc(F)c2)C(=O)N1c1ccccc1. The van der Waals surface area contributed by atoms with Gasteiger partial charge in [0.25, 0.3) is 5.91 Å². The summed E-state index contributed by atoms with van der Waals surface area (Å²) in [6, 6.07) is 14.7. The molecule has 1 aliphatic heterocycles. The van der Waals surface area contributed by atoms with E-state index < -0.39 is 6.04 Å². The second-order valence-corrected chi connectivity index (χ2v) is 5.28. The Hall–Kier alpha value is -2.53. The fourth-order valence-electron chi connectivity index (χ4n) is 2.63. The molecule has 2 aromatic carbocycles. The number of para-hydroxylation sites is 1. The summed E-state index contributed by atoms with van der Waals surface area (Å²) in [5, 5.41) is 1.79. The van der Waals surface area contributed by atoms with E-state index in [0.717, 1.165) is 5.56 Å². The van der Waals surface area contributed by atoms with Gasteiger partial charge in [0.1, 0.15) is 12.4 Å². The Morgan fingerprint density at radius 3 is 2.59 bits per heavy atom. The van der Waals surface area contributed by atoms with E-state index in [9.17, 15) is 14.0 Å². The molecular weight excluding hydrogens is 283 g/mol. The Morgan fingerprint density at radius 1 is 1.09 bits per heavy atom. The number of hydrogen-bond acceptors (Lipinski definition) is 2. The highest BCUT2D eigenvalue weighted by atomic mass is 19.1. The molecule has 5 heteroatoms. The molecule has 0 unspecified atom stereocenters. The van der Waals surface area contributed by atoms with Gasteiger partial charge in [0.05, 0.1) is 12.1 Å². The zero-order valence-corrected chi connectivity index (χ0v) is 11.9. The third kappa shape index (κ3) is 2.89. The highest BCUT2D eigenvalue weighted by Crippen LogP contribution is 2.20. The molecule has 2 aromatic rings. The van der Waals surface area contributed by atoms with Crippen molar-refractivity contribution in [2.45, 2.75) is 19.0 Å². The number of hydrogen-bond donors (Lipinski definition) is 1. The molecule has 0 aromatic heterocycles. The van der Waals surface area contributed by atoms with Crippen molar-refractivity contribution in [3.05, 3.63) is 66.0 Å². The number of rotatable bonds is 4. The van der Waals surface area contributed by atoms with Gasteiger partial charge in [0.15, 0.2) is 6.04 Å². The molecule has 2 N–H and O–H groups in total. The lowest BCUT2D eigenvalue weighted by Gasteiger charge is -2.13. The van der Waals surface area contributed by atoms with Gasteiger partial charge in [0, 0.05) is 5.56 Å². The van der Waals surface area contributed by atoms with Crippen molar-refractivity contribution in [2.24, 2.45) is 0 Å². The zero-order valence-electron chi connectivity index (χ0n) is 11.9. The normalized spacial score (nSPS) is 18.0. The number of quaternary nitrogens is 1. The van der Waals surface area contributed by atoms with Crippen LogP contribution in [-0.2, 0) is 16.1 Å². The Labute approximate surface area is 127 Å². The summed E-state index contributed by atoms with van der Waals surface area (Å²) in [6.07, 6.45) is 0.170. The molecule has 0 aliphatic carbocycles. The van der Waals surface area contributed by atoms with E-state index in [-0.39, 0.29) is 24.1 Å². The van der Waals surface area contributed by atoms with Crippen LogP contribution in [-0.4, -0.2) is 17.9 Å². The van der Waals surface area contributed by atoms with Gasteiger partial charge >= 0.3 is 0 Å².